The Balaban J connectivity index is 1.74. The molecule has 2 heterocycles. The second kappa shape index (κ2) is 11.1. The Morgan fingerprint density at radius 3 is 2.84 bits per heavy atom. The fraction of sp³-hybridized carbons (Fsp3) is 0.318. The summed E-state index contributed by atoms with van der Waals surface area (Å²) in [4.78, 5) is 24.7. The van der Waals surface area contributed by atoms with E-state index in [0.29, 0.717) is 29.4 Å². The predicted molar refractivity (Wildman–Crippen MR) is 121 cm³/mol. The fourth-order valence-corrected chi connectivity index (χ4v) is 4.66. The van der Waals surface area contributed by atoms with Crippen molar-refractivity contribution in [2.75, 3.05) is 25.4 Å². The summed E-state index contributed by atoms with van der Waals surface area (Å²) in [6, 6.07) is 7.36. The number of rotatable bonds is 9. The Labute approximate surface area is 195 Å². The van der Waals surface area contributed by atoms with Gasteiger partial charge in [0.15, 0.2) is 11.4 Å². The summed E-state index contributed by atoms with van der Waals surface area (Å²) < 4.78 is 5.96. The van der Waals surface area contributed by atoms with E-state index in [-0.39, 0.29) is 12.8 Å². The summed E-state index contributed by atoms with van der Waals surface area (Å²) in [6.07, 6.45) is 6.44. The van der Waals surface area contributed by atoms with Gasteiger partial charge in [-0.15, -0.1) is 11.8 Å². The molecule has 1 saturated heterocycles. The van der Waals surface area contributed by atoms with Crippen molar-refractivity contribution in [3.63, 3.8) is 0 Å². The molecule has 1 fully saturated rings. The fourth-order valence-electron chi connectivity index (χ4n) is 3.44. The lowest BCUT2D eigenvalue weighted by atomic mass is 10.2. The van der Waals surface area contributed by atoms with Crippen molar-refractivity contribution in [1.82, 2.24) is 4.90 Å². The normalized spacial score (nSPS) is 21.6. The van der Waals surface area contributed by atoms with Gasteiger partial charge in [0.2, 0.25) is 0 Å². The number of nitrogens with zero attached hydrogens (tertiary/aromatic N) is 2. The van der Waals surface area contributed by atoms with Crippen LogP contribution < -0.4 is 9.64 Å². The van der Waals surface area contributed by atoms with Crippen LogP contribution in [0, 0.1) is 11.3 Å². The first-order valence-corrected chi connectivity index (χ1v) is 11.4. The van der Waals surface area contributed by atoms with E-state index in [1.165, 1.54) is 0 Å². The van der Waals surface area contributed by atoms with E-state index in [0.717, 1.165) is 27.9 Å². The molecule has 8 nitrogen and oxygen atoms in total. The van der Waals surface area contributed by atoms with Gasteiger partial charge in [-0.2, -0.15) is 5.26 Å². The molecule has 2 unspecified atom stereocenters. The summed E-state index contributed by atoms with van der Waals surface area (Å²) in [5.74, 6) is -0.242. The van der Waals surface area contributed by atoms with Crippen LogP contribution in [0.2, 0.25) is 5.02 Å². The third-order valence-electron chi connectivity index (χ3n) is 5.00. The summed E-state index contributed by atoms with van der Waals surface area (Å²) in [7, 11) is 0. The van der Waals surface area contributed by atoms with E-state index in [4.69, 9.17) is 26.6 Å². The van der Waals surface area contributed by atoms with Gasteiger partial charge in [0.05, 0.1) is 36.1 Å². The molecule has 1 aromatic rings. The molecule has 168 valence electrons. The highest BCUT2D eigenvalue weighted by Crippen LogP contribution is 2.30. The number of benzene rings is 1. The van der Waals surface area contributed by atoms with E-state index in [1.807, 2.05) is 11.0 Å². The molecule has 0 radical (unpaired) electrons. The average molecular weight is 477 g/mol. The Bertz CT molecular complexity index is 1020. The van der Waals surface area contributed by atoms with Crippen LogP contribution in [0.15, 0.2) is 53.1 Å². The molecule has 0 spiro atoms. The molecular weight excluding hydrogens is 454 g/mol. The second-order valence-electron chi connectivity index (χ2n) is 7.17. The van der Waals surface area contributed by atoms with E-state index >= 15 is 0 Å². The molecular formula is C22H23ClN3O5S+. The topological polar surface area (TPSA) is 115 Å². The van der Waals surface area contributed by atoms with Crippen LogP contribution >= 0.6 is 23.4 Å². The molecule has 2 atom stereocenters. The number of ether oxygens (including phenoxy) is 1. The first kappa shape index (κ1) is 23.7. The summed E-state index contributed by atoms with van der Waals surface area (Å²) in [5.41, 5.74) is 1.19. The van der Waals surface area contributed by atoms with Crippen molar-refractivity contribution in [1.29, 1.82) is 5.26 Å². The van der Waals surface area contributed by atoms with Crippen LogP contribution in [0.1, 0.15) is 12.8 Å². The lowest BCUT2D eigenvalue weighted by molar-refractivity contribution is -0.861. The number of halogens is 1. The highest BCUT2D eigenvalue weighted by molar-refractivity contribution is 8.03. The van der Waals surface area contributed by atoms with Crippen molar-refractivity contribution in [3.8, 4) is 11.8 Å². The smallest absolute Gasteiger partial charge is 0.309 e. The van der Waals surface area contributed by atoms with Crippen LogP contribution in [0.5, 0.6) is 5.75 Å². The molecule has 2 aliphatic heterocycles. The van der Waals surface area contributed by atoms with E-state index in [9.17, 15) is 14.9 Å². The van der Waals surface area contributed by atoms with Gasteiger partial charge in [0.1, 0.15) is 0 Å². The minimum atomic E-state index is -0.901. The molecule has 1 aromatic carbocycles. The highest BCUT2D eigenvalue weighted by Gasteiger charge is 2.35. The summed E-state index contributed by atoms with van der Waals surface area (Å²) >= 11 is 7.72. The zero-order chi connectivity index (χ0) is 23.1. The zero-order valence-corrected chi connectivity index (χ0v) is 18.7. The van der Waals surface area contributed by atoms with Gasteiger partial charge in [-0.1, -0.05) is 11.6 Å². The Kier molecular flexibility index (Phi) is 8.22. The number of hydrogen-bond acceptors (Lipinski definition) is 6. The molecule has 3 N–H and O–H groups in total. The zero-order valence-electron chi connectivity index (χ0n) is 17.2. The van der Waals surface area contributed by atoms with Crippen molar-refractivity contribution >= 4 is 41.0 Å². The number of carboxylic acid groups (broad SMARTS) is 2. The van der Waals surface area contributed by atoms with E-state index in [1.54, 1.807) is 48.2 Å². The van der Waals surface area contributed by atoms with E-state index < -0.39 is 18.2 Å². The first-order valence-electron chi connectivity index (χ1n) is 10.0. The number of fused-ring (bicyclic) bond motifs is 1. The number of hydrogen-bond donors (Lipinski definition) is 3. The summed E-state index contributed by atoms with van der Waals surface area (Å²) in [5, 5.41) is 29.0. The highest BCUT2D eigenvalue weighted by atomic mass is 35.5. The summed E-state index contributed by atoms with van der Waals surface area (Å²) in [6.45, 7) is 1.51. The molecule has 0 bridgehead atoms. The molecule has 0 aliphatic carbocycles. The van der Waals surface area contributed by atoms with Gasteiger partial charge in [-0.3, -0.25) is 14.5 Å². The molecule has 2 aliphatic rings. The SMILES string of the molecule is N#CC(C=CC1Oc2ccc(Cl)cc2[NH+]1CCC(=O)O)=CC=C1SCCN1CCC(=O)O. The molecule has 0 amide bonds. The van der Waals surface area contributed by atoms with Gasteiger partial charge in [0.25, 0.3) is 6.23 Å². The monoisotopic (exact) mass is 476 g/mol. The van der Waals surface area contributed by atoms with Crippen molar-refractivity contribution < 1.29 is 29.4 Å². The van der Waals surface area contributed by atoms with Gasteiger partial charge < -0.3 is 19.8 Å². The third kappa shape index (κ3) is 6.29. The number of allylic oxidation sites excluding steroid dienone is 4. The molecule has 32 heavy (non-hydrogen) atoms. The quantitative estimate of drug-likeness (QED) is 0.367. The van der Waals surface area contributed by atoms with E-state index in [2.05, 4.69) is 6.07 Å². The lowest BCUT2D eigenvalue weighted by Gasteiger charge is -2.17. The molecule has 0 aromatic heterocycles. The molecule has 0 saturated carbocycles. The minimum absolute atomic E-state index is 0.0363. The number of nitriles is 1. The maximum atomic E-state index is 11.1. The number of aliphatic carboxylic acids is 2. The van der Waals surface area contributed by atoms with Gasteiger partial charge in [-0.05, 0) is 30.4 Å². The predicted octanol–water partition coefficient (Wildman–Crippen LogP) is 2.42. The van der Waals surface area contributed by atoms with Crippen LogP contribution in [-0.4, -0.2) is 58.7 Å². The third-order valence-corrected chi connectivity index (χ3v) is 6.31. The van der Waals surface area contributed by atoms with Gasteiger partial charge >= 0.3 is 11.9 Å². The average Bonchev–Trinajstić information content (AvgIpc) is 3.34. The Morgan fingerprint density at radius 1 is 1.34 bits per heavy atom. The first-order chi connectivity index (χ1) is 15.4. The standard InChI is InChI=1S/C22H22ClN3O5S/c23-16-3-4-18-17(13-16)26(10-8-22(29)30)19(31-18)5-1-15(14-24)2-6-20-25(11-12-32-20)9-7-21(27)28/h1-6,13,19H,7-12H2,(H,27,28)(H,29,30)/p+1. The number of quaternary nitrogens is 1. The van der Waals surface area contributed by atoms with Crippen LogP contribution in [-0.2, 0) is 9.59 Å². The minimum Gasteiger partial charge on any atom is -0.481 e. The van der Waals surface area contributed by atoms with Crippen LogP contribution in [0.4, 0.5) is 5.69 Å². The number of carbonyl (C=O) groups is 2. The number of nitrogens with one attached hydrogen (secondary N) is 1. The maximum absolute atomic E-state index is 11.1. The van der Waals surface area contributed by atoms with Gasteiger partial charge in [0, 0.05) is 36.0 Å². The van der Waals surface area contributed by atoms with Crippen molar-refractivity contribution in [2.24, 2.45) is 0 Å². The Morgan fingerprint density at radius 2 is 2.12 bits per heavy atom. The maximum Gasteiger partial charge on any atom is 0.309 e. The van der Waals surface area contributed by atoms with Crippen molar-refractivity contribution in [2.45, 2.75) is 19.1 Å². The largest absolute Gasteiger partial charge is 0.481 e. The van der Waals surface area contributed by atoms with Crippen LogP contribution in [0.25, 0.3) is 0 Å². The molecule has 10 heteroatoms. The Hall–Kier alpha value is -2.93. The number of carboxylic acids is 2. The lowest BCUT2D eigenvalue weighted by Crippen LogP contribution is -3.10. The molecule has 3 rings (SSSR count). The van der Waals surface area contributed by atoms with Crippen molar-refractivity contribution in [3.05, 3.63) is 58.1 Å². The van der Waals surface area contributed by atoms with Gasteiger partial charge in [-0.25, -0.2) is 0 Å². The van der Waals surface area contributed by atoms with Crippen LogP contribution in [0.3, 0.4) is 0 Å². The number of thioether (sulfide) groups is 1. The second-order valence-corrected chi connectivity index (χ2v) is 8.73.